The zero-order chi connectivity index (χ0) is 18.3. The van der Waals surface area contributed by atoms with Crippen LogP contribution in [-0.2, 0) is 17.8 Å². The number of rotatable bonds is 4. The zero-order valence-electron chi connectivity index (χ0n) is 14.8. The molecule has 0 bridgehead atoms. The Morgan fingerprint density at radius 3 is 3.00 bits per heavy atom. The van der Waals surface area contributed by atoms with Crippen LogP contribution >= 0.6 is 0 Å². The SMILES string of the molecule is CCc1c(C)nc2cc([C@@H]3CCCN3C(=O)Cn3cncn3)[nH]n2c1=O. The molecule has 1 amide bonds. The van der Waals surface area contributed by atoms with E-state index in [1.54, 1.807) is 0 Å². The number of carbonyl (C=O) groups is 1. The van der Waals surface area contributed by atoms with Crippen molar-refractivity contribution in [2.75, 3.05) is 6.54 Å². The Kier molecular flexibility index (Phi) is 4.06. The molecule has 3 aromatic rings. The van der Waals surface area contributed by atoms with Crippen molar-refractivity contribution in [2.24, 2.45) is 0 Å². The van der Waals surface area contributed by atoms with Gasteiger partial charge in [-0.2, -0.15) is 5.10 Å². The van der Waals surface area contributed by atoms with Crippen molar-refractivity contribution in [2.45, 2.75) is 45.7 Å². The lowest BCUT2D eigenvalue weighted by Gasteiger charge is -2.23. The van der Waals surface area contributed by atoms with Crippen molar-refractivity contribution >= 4 is 11.6 Å². The van der Waals surface area contributed by atoms with E-state index in [4.69, 9.17) is 0 Å². The van der Waals surface area contributed by atoms with Gasteiger partial charge in [0.25, 0.3) is 5.56 Å². The van der Waals surface area contributed by atoms with Crippen LogP contribution in [0.5, 0.6) is 0 Å². The third-order valence-electron chi connectivity index (χ3n) is 4.98. The van der Waals surface area contributed by atoms with Crippen molar-refractivity contribution in [1.82, 2.24) is 34.3 Å². The van der Waals surface area contributed by atoms with Gasteiger partial charge in [-0.25, -0.2) is 19.2 Å². The number of H-pyrrole nitrogens is 1. The Hall–Kier alpha value is -2.97. The lowest BCUT2D eigenvalue weighted by molar-refractivity contribution is -0.133. The van der Waals surface area contributed by atoms with E-state index in [0.717, 1.165) is 24.2 Å². The molecule has 1 N–H and O–H groups in total. The minimum Gasteiger partial charge on any atom is -0.332 e. The highest BCUT2D eigenvalue weighted by Crippen LogP contribution is 2.31. The van der Waals surface area contributed by atoms with Crippen LogP contribution in [0.3, 0.4) is 0 Å². The maximum absolute atomic E-state index is 12.7. The summed E-state index contributed by atoms with van der Waals surface area (Å²) in [5.74, 6) is -0.0117. The van der Waals surface area contributed by atoms with Crippen LogP contribution in [0.2, 0.25) is 0 Å². The normalized spacial score (nSPS) is 17.3. The van der Waals surface area contributed by atoms with Crippen LogP contribution < -0.4 is 5.56 Å². The second kappa shape index (κ2) is 6.40. The van der Waals surface area contributed by atoms with E-state index in [2.05, 4.69) is 20.2 Å². The monoisotopic (exact) mass is 355 g/mol. The quantitative estimate of drug-likeness (QED) is 0.748. The summed E-state index contributed by atoms with van der Waals surface area (Å²) in [6.07, 6.45) is 5.36. The molecular formula is C17H21N7O2. The lowest BCUT2D eigenvalue weighted by atomic mass is 10.1. The van der Waals surface area contributed by atoms with Gasteiger partial charge in [-0.05, 0) is 26.2 Å². The van der Waals surface area contributed by atoms with Crippen molar-refractivity contribution in [1.29, 1.82) is 0 Å². The third-order valence-corrected chi connectivity index (χ3v) is 4.98. The largest absolute Gasteiger partial charge is 0.332 e. The molecule has 4 rings (SSSR count). The van der Waals surface area contributed by atoms with E-state index in [1.165, 1.54) is 21.9 Å². The van der Waals surface area contributed by atoms with Crippen LogP contribution in [0.4, 0.5) is 0 Å². The summed E-state index contributed by atoms with van der Waals surface area (Å²) in [6, 6.07) is 1.79. The molecule has 0 saturated carbocycles. The highest BCUT2D eigenvalue weighted by Gasteiger charge is 2.31. The predicted molar refractivity (Wildman–Crippen MR) is 93.6 cm³/mol. The summed E-state index contributed by atoms with van der Waals surface area (Å²) in [4.78, 5) is 35.5. The highest BCUT2D eigenvalue weighted by atomic mass is 16.2. The van der Waals surface area contributed by atoms with Crippen LogP contribution in [0.15, 0.2) is 23.5 Å². The Bertz CT molecular complexity index is 1000. The van der Waals surface area contributed by atoms with Gasteiger partial charge in [0.15, 0.2) is 5.65 Å². The van der Waals surface area contributed by atoms with Gasteiger partial charge in [-0.15, -0.1) is 0 Å². The smallest absolute Gasteiger partial charge is 0.276 e. The number of carbonyl (C=O) groups excluding carboxylic acids is 1. The number of nitrogens with one attached hydrogen (secondary N) is 1. The van der Waals surface area contributed by atoms with Gasteiger partial charge in [0.05, 0.1) is 11.7 Å². The van der Waals surface area contributed by atoms with Crippen LogP contribution in [0.25, 0.3) is 5.65 Å². The number of aromatic amines is 1. The van der Waals surface area contributed by atoms with E-state index in [1.807, 2.05) is 24.8 Å². The highest BCUT2D eigenvalue weighted by molar-refractivity contribution is 5.76. The lowest BCUT2D eigenvalue weighted by Crippen LogP contribution is -2.33. The minimum atomic E-state index is -0.0856. The molecule has 9 heteroatoms. The second-order valence-corrected chi connectivity index (χ2v) is 6.58. The Balaban J connectivity index is 1.66. The van der Waals surface area contributed by atoms with Gasteiger partial charge in [-0.1, -0.05) is 6.92 Å². The van der Waals surface area contributed by atoms with Gasteiger partial charge in [0, 0.05) is 23.9 Å². The maximum Gasteiger partial charge on any atom is 0.276 e. The molecule has 0 aromatic carbocycles. The molecule has 0 spiro atoms. The predicted octanol–water partition coefficient (Wildman–Crippen LogP) is 0.849. The number of fused-ring (bicyclic) bond motifs is 1. The Labute approximate surface area is 149 Å². The summed E-state index contributed by atoms with van der Waals surface area (Å²) < 4.78 is 3.01. The summed E-state index contributed by atoms with van der Waals surface area (Å²) >= 11 is 0. The molecule has 1 aliphatic rings. The average Bonchev–Trinajstić information content (AvgIpc) is 3.34. The van der Waals surface area contributed by atoms with Crippen LogP contribution in [-0.4, -0.2) is 46.7 Å². The van der Waals surface area contributed by atoms with Gasteiger partial charge < -0.3 is 4.90 Å². The topological polar surface area (TPSA) is 101 Å². The minimum absolute atomic E-state index is 0.0117. The molecule has 0 aliphatic carbocycles. The molecule has 0 unspecified atom stereocenters. The molecule has 1 aliphatic heterocycles. The first-order valence-corrected chi connectivity index (χ1v) is 8.81. The fourth-order valence-electron chi connectivity index (χ4n) is 3.70. The molecule has 1 fully saturated rings. The number of hydrogen-bond donors (Lipinski definition) is 1. The van der Waals surface area contributed by atoms with Crippen molar-refractivity contribution < 1.29 is 4.79 Å². The van der Waals surface area contributed by atoms with Crippen LogP contribution in [0, 0.1) is 6.92 Å². The molecule has 1 atom stereocenters. The van der Waals surface area contributed by atoms with Gasteiger partial charge in [0.1, 0.15) is 19.2 Å². The Morgan fingerprint density at radius 1 is 1.42 bits per heavy atom. The zero-order valence-corrected chi connectivity index (χ0v) is 14.8. The second-order valence-electron chi connectivity index (χ2n) is 6.58. The number of hydrogen-bond acceptors (Lipinski definition) is 5. The Morgan fingerprint density at radius 2 is 2.27 bits per heavy atom. The average molecular weight is 355 g/mol. The van der Waals surface area contributed by atoms with Gasteiger partial charge in [-0.3, -0.25) is 14.7 Å². The van der Waals surface area contributed by atoms with E-state index >= 15 is 0 Å². The van der Waals surface area contributed by atoms with Crippen molar-refractivity contribution in [3.05, 3.63) is 46.0 Å². The summed E-state index contributed by atoms with van der Waals surface area (Å²) in [6.45, 7) is 4.66. The number of aromatic nitrogens is 6. The van der Waals surface area contributed by atoms with E-state index < -0.39 is 0 Å². The fraction of sp³-hybridized carbons (Fsp3) is 0.471. The molecule has 26 heavy (non-hydrogen) atoms. The third kappa shape index (κ3) is 2.69. The number of aryl methyl sites for hydroxylation is 1. The number of nitrogens with zero attached hydrogens (tertiary/aromatic N) is 6. The summed E-state index contributed by atoms with van der Waals surface area (Å²) in [7, 11) is 0. The molecule has 136 valence electrons. The van der Waals surface area contributed by atoms with E-state index in [9.17, 15) is 9.59 Å². The van der Waals surface area contributed by atoms with E-state index in [0.29, 0.717) is 24.2 Å². The molecule has 3 aromatic heterocycles. The molecule has 1 saturated heterocycles. The summed E-state index contributed by atoms with van der Waals surface area (Å²) in [5.41, 5.74) is 2.83. The molecule has 9 nitrogen and oxygen atoms in total. The van der Waals surface area contributed by atoms with E-state index in [-0.39, 0.29) is 24.1 Å². The molecule has 4 heterocycles. The number of amides is 1. The van der Waals surface area contributed by atoms with Gasteiger partial charge in [0.2, 0.25) is 5.91 Å². The van der Waals surface area contributed by atoms with Crippen LogP contribution in [0.1, 0.15) is 42.8 Å². The first kappa shape index (κ1) is 16.5. The first-order valence-electron chi connectivity index (χ1n) is 8.81. The van der Waals surface area contributed by atoms with Gasteiger partial charge >= 0.3 is 0 Å². The summed E-state index contributed by atoms with van der Waals surface area (Å²) in [5, 5.41) is 7.16. The number of likely N-dealkylation sites (tertiary alicyclic amines) is 1. The standard InChI is InChI=1S/C17H21N7O2/c1-3-12-11(2)20-15-7-13(21-24(15)17(12)26)14-5-4-6-23(14)16(25)8-22-10-18-9-19-22/h7,9-10,14,21H,3-6,8H2,1-2H3/t14-/m0/s1. The fourth-order valence-corrected chi connectivity index (χ4v) is 3.70. The maximum atomic E-state index is 12.7. The molecular weight excluding hydrogens is 334 g/mol. The molecule has 0 radical (unpaired) electrons. The van der Waals surface area contributed by atoms with Crippen molar-refractivity contribution in [3.8, 4) is 0 Å². The first-order chi connectivity index (χ1) is 12.6. The van der Waals surface area contributed by atoms with Crippen molar-refractivity contribution in [3.63, 3.8) is 0 Å².